The number of amides is 1. The highest BCUT2D eigenvalue weighted by Gasteiger charge is 2.30. The first-order chi connectivity index (χ1) is 9.65. The first kappa shape index (κ1) is 13.8. The van der Waals surface area contributed by atoms with Gasteiger partial charge in [0.2, 0.25) is 0 Å². The molecule has 6 heteroatoms. The van der Waals surface area contributed by atoms with Gasteiger partial charge in [-0.1, -0.05) is 11.6 Å². The molecular weight excluding hydrogens is 281 g/mol. The molecule has 0 aromatic heterocycles. The Hall–Kier alpha value is -1.17. The van der Waals surface area contributed by atoms with Crippen molar-refractivity contribution in [1.29, 1.82) is 0 Å². The average molecular weight is 298 g/mol. The molecule has 1 aromatic rings. The van der Waals surface area contributed by atoms with Crippen LogP contribution in [0, 0.1) is 5.82 Å². The molecule has 2 aliphatic heterocycles. The molecule has 0 unspecified atom stereocenters. The van der Waals surface area contributed by atoms with Crippen molar-refractivity contribution in [2.75, 3.05) is 39.3 Å². The van der Waals surface area contributed by atoms with Gasteiger partial charge in [-0.2, -0.15) is 0 Å². The fourth-order valence-corrected chi connectivity index (χ4v) is 2.81. The topological polar surface area (TPSA) is 35.6 Å². The Balaban J connectivity index is 1.63. The number of piperazine rings is 1. The third-order valence-corrected chi connectivity index (χ3v) is 4.27. The van der Waals surface area contributed by atoms with Crippen LogP contribution in [0.2, 0.25) is 5.02 Å². The summed E-state index contributed by atoms with van der Waals surface area (Å²) in [4.78, 5) is 16.4. The summed E-state index contributed by atoms with van der Waals surface area (Å²) in [6, 6.07) is 4.79. The van der Waals surface area contributed by atoms with Gasteiger partial charge < -0.3 is 10.2 Å². The Labute approximate surface area is 122 Å². The van der Waals surface area contributed by atoms with E-state index in [1.54, 1.807) is 11.0 Å². The summed E-state index contributed by atoms with van der Waals surface area (Å²) in [5.74, 6) is -0.793. The lowest BCUT2D eigenvalue weighted by Gasteiger charge is -2.43. The van der Waals surface area contributed by atoms with Gasteiger partial charge >= 0.3 is 0 Å². The first-order valence-corrected chi connectivity index (χ1v) is 7.22. The van der Waals surface area contributed by atoms with Crippen LogP contribution in [0.25, 0.3) is 0 Å². The molecule has 4 nitrogen and oxygen atoms in total. The van der Waals surface area contributed by atoms with E-state index in [2.05, 4.69) is 10.2 Å². The number of nitrogens with one attached hydrogen (secondary N) is 1. The van der Waals surface area contributed by atoms with Crippen molar-refractivity contribution in [3.63, 3.8) is 0 Å². The summed E-state index contributed by atoms with van der Waals surface area (Å²) in [6.07, 6.45) is 0. The van der Waals surface area contributed by atoms with E-state index in [1.165, 1.54) is 12.1 Å². The van der Waals surface area contributed by atoms with Gasteiger partial charge in [0, 0.05) is 50.3 Å². The molecule has 1 N–H and O–H groups in total. The molecule has 0 spiro atoms. The summed E-state index contributed by atoms with van der Waals surface area (Å²) < 4.78 is 13.8. The van der Waals surface area contributed by atoms with E-state index in [9.17, 15) is 9.18 Å². The molecule has 0 aliphatic carbocycles. The second-order valence-corrected chi connectivity index (χ2v) is 5.70. The van der Waals surface area contributed by atoms with Crippen LogP contribution < -0.4 is 5.32 Å². The van der Waals surface area contributed by atoms with Gasteiger partial charge in [0.05, 0.1) is 5.56 Å². The molecule has 3 rings (SSSR count). The SMILES string of the molecule is O=C(c1ccc(Cl)cc1F)N1CCN(C2CNC2)CC1. The average Bonchev–Trinajstić information content (AvgIpc) is 2.37. The Kier molecular flexibility index (Phi) is 3.92. The van der Waals surface area contributed by atoms with Crippen LogP contribution in [0.3, 0.4) is 0 Å². The number of rotatable bonds is 2. The van der Waals surface area contributed by atoms with Crippen LogP contribution in [0.1, 0.15) is 10.4 Å². The van der Waals surface area contributed by atoms with Crippen LogP contribution in [0.15, 0.2) is 18.2 Å². The van der Waals surface area contributed by atoms with E-state index < -0.39 is 5.82 Å². The van der Waals surface area contributed by atoms with Crippen LogP contribution in [-0.2, 0) is 0 Å². The largest absolute Gasteiger partial charge is 0.336 e. The van der Waals surface area contributed by atoms with Gasteiger partial charge in [-0.3, -0.25) is 9.69 Å². The molecule has 0 saturated carbocycles. The predicted octanol–water partition coefficient (Wildman–Crippen LogP) is 1.21. The van der Waals surface area contributed by atoms with E-state index in [4.69, 9.17) is 11.6 Å². The maximum Gasteiger partial charge on any atom is 0.256 e. The van der Waals surface area contributed by atoms with E-state index in [0.29, 0.717) is 24.2 Å². The number of carbonyl (C=O) groups excluding carboxylic acids is 1. The third kappa shape index (κ3) is 2.66. The van der Waals surface area contributed by atoms with Gasteiger partial charge in [-0.25, -0.2) is 4.39 Å². The molecule has 0 atom stereocenters. The van der Waals surface area contributed by atoms with Crippen molar-refractivity contribution in [1.82, 2.24) is 15.1 Å². The molecule has 2 saturated heterocycles. The van der Waals surface area contributed by atoms with Gasteiger partial charge in [-0.15, -0.1) is 0 Å². The molecule has 0 radical (unpaired) electrons. The van der Waals surface area contributed by atoms with Gasteiger partial charge in [0.1, 0.15) is 5.82 Å². The number of nitrogens with zero attached hydrogens (tertiary/aromatic N) is 2. The zero-order valence-corrected chi connectivity index (χ0v) is 11.9. The Morgan fingerprint density at radius 3 is 2.50 bits per heavy atom. The molecule has 2 aliphatic rings. The van der Waals surface area contributed by atoms with Crippen LogP contribution in [-0.4, -0.2) is 61.0 Å². The van der Waals surface area contributed by atoms with Crippen molar-refractivity contribution < 1.29 is 9.18 Å². The predicted molar refractivity (Wildman–Crippen MR) is 75.5 cm³/mol. The number of halogens is 2. The lowest BCUT2D eigenvalue weighted by atomic mass is 10.1. The maximum atomic E-state index is 13.8. The fraction of sp³-hybridized carbons (Fsp3) is 0.500. The van der Waals surface area contributed by atoms with Crippen LogP contribution in [0.4, 0.5) is 4.39 Å². The van der Waals surface area contributed by atoms with Crippen LogP contribution >= 0.6 is 11.6 Å². The number of hydrogen-bond acceptors (Lipinski definition) is 3. The molecule has 1 amide bonds. The van der Waals surface area contributed by atoms with Crippen molar-refractivity contribution in [2.24, 2.45) is 0 Å². The highest BCUT2D eigenvalue weighted by Crippen LogP contribution is 2.18. The van der Waals surface area contributed by atoms with Gasteiger partial charge in [0.25, 0.3) is 5.91 Å². The molecule has 2 heterocycles. The molecule has 0 bridgehead atoms. The van der Waals surface area contributed by atoms with Gasteiger partial charge in [0.15, 0.2) is 0 Å². The summed E-state index contributed by atoms with van der Waals surface area (Å²) in [5.41, 5.74) is 0.105. The summed E-state index contributed by atoms with van der Waals surface area (Å²) >= 11 is 5.71. The molecule has 108 valence electrons. The second kappa shape index (κ2) is 5.68. The summed E-state index contributed by atoms with van der Waals surface area (Å²) in [6.45, 7) is 5.06. The van der Waals surface area contributed by atoms with Gasteiger partial charge in [-0.05, 0) is 18.2 Å². The zero-order chi connectivity index (χ0) is 14.1. The number of hydrogen-bond donors (Lipinski definition) is 1. The standard InChI is InChI=1S/C14H17ClFN3O/c15-10-1-2-12(13(16)7-10)14(20)19-5-3-18(4-6-19)11-8-17-9-11/h1-2,7,11,17H,3-6,8-9H2. The monoisotopic (exact) mass is 297 g/mol. The Bertz CT molecular complexity index is 513. The first-order valence-electron chi connectivity index (χ1n) is 6.84. The Morgan fingerprint density at radius 2 is 1.95 bits per heavy atom. The normalized spacial score (nSPS) is 20.8. The molecular formula is C14H17ClFN3O. The minimum atomic E-state index is -0.548. The van der Waals surface area contributed by atoms with Crippen LogP contribution in [0.5, 0.6) is 0 Å². The highest BCUT2D eigenvalue weighted by molar-refractivity contribution is 6.30. The smallest absolute Gasteiger partial charge is 0.256 e. The fourth-order valence-electron chi connectivity index (χ4n) is 2.66. The van der Waals surface area contributed by atoms with Crippen molar-refractivity contribution in [3.8, 4) is 0 Å². The summed E-state index contributed by atoms with van der Waals surface area (Å²) in [7, 11) is 0. The van der Waals surface area contributed by atoms with Crippen molar-refractivity contribution >= 4 is 17.5 Å². The summed E-state index contributed by atoms with van der Waals surface area (Å²) in [5, 5.41) is 3.55. The van der Waals surface area contributed by atoms with Crippen molar-refractivity contribution in [3.05, 3.63) is 34.6 Å². The molecule has 20 heavy (non-hydrogen) atoms. The Morgan fingerprint density at radius 1 is 1.25 bits per heavy atom. The minimum Gasteiger partial charge on any atom is -0.336 e. The number of benzene rings is 1. The van der Waals surface area contributed by atoms with E-state index in [-0.39, 0.29) is 11.5 Å². The third-order valence-electron chi connectivity index (χ3n) is 4.04. The lowest BCUT2D eigenvalue weighted by Crippen LogP contribution is -2.62. The second-order valence-electron chi connectivity index (χ2n) is 5.26. The van der Waals surface area contributed by atoms with E-state index in [0.717, 1.165) is 26.2 Å². The zero-order valence-electron chi connectivity index (χ0n) is 11.1. The minimum absolute atomic E-state index is 0.105. The lowest BCUT2D eigenvalue weighted by molar-refractivity contribution is 0.0498. The maximum absolute atomic E-state index is 13.8. The number of carbonyl (C=O) groups is 1. The molecule has 1 aromatic carbocycles. The highest BCUT2D eigenvalue weighted by atomic mass is 35.5. The molecule has 2 fully saturated rings. The van der Waals surface area contributed by atoms with E-state index >= 15 is 0 Å². The van der Waals surface area contributed by atoms with Crippen molar-refractivity contribution in [2.45, 2.75) is 6.04 Å². The van der Waals surface area contributed by atoms with E-state index in [1.807, 2.05) is 0 Å². The quantitative estimate of drug-likeness (QED) is 0.891.